The highest BCUT2D eigenvalue weighted by molar-refractivity contribution is 7.98. The highest BCUT2D eigenvalue weighted by atomic mass is 32.2. The highest BCUT2D eigenvalue weighted by Crippen LogP contribution is 2.44. The van der Waals surface area contributed by atoms with Crippen LogP contribution >= 0.6 is 11.8 Å². The third-order valence-electron chi connectivity index (χ3n) is 6.58. The van der Waals surface area contributed by atoms with Crippen molar-refractivity contribution in [3.8, 4) is 11.1 Å². The zero-order chi connectivity index (χ0) is 24.1. The minimum atomic E-state index is -0.820. The molecule has 1 heterocycles. The molecule has 1 aliphatic carbocycles. The Kier molecular flexibility index (Phi) is 7.77. The molecule has 8 heteroatoms. The summed E-state index contributed by atoms with van der Waals surface area (Å²) in [5, 5.41) is 11.6. The van der Waals surface area contributed by atoms with E-state index in [0.717, 1.165) is 28.0 Å². The molecule has 2 amide bonds. The number of nitrogens with zero attached hydrogens (tertiary/aromatic N) is 1. The number of benzene rings is 2. The van der Waals surface area contributed by atoms with E-state index >= 15 is 0 Å². The number of carbonyl (C=O) groups excluding carboxylic acids is 2. The van der Waals surface area contributed by atoms with Gasteiger partial charge in [-0.05, 0) is 53.0 Å². The van der Waals surface area contributed by atoms with Gasteiger partial charge in [-0.2, -0.15) is 11.8 Å². The number of carboxylic acid groups (broad SMARTS) is 1. The van der Waals surface area contributed by atoms with Gasteiger partial charge in [0.15, 0.2) is 0 Å². The number of ether oxygens (including phenoxy) is 1. The first kappa shape index (κ1) is 24.1. The first-order valence-corrected chi connectivity index (χ1v) is 13.0. The lowest BCUT2D eigenvalue weighted by Gasteiger charge is -2.41. The van der Waals surface area contributed by atoms with Crippen LogP contribution in [-0.4, -0.2) is 65.7 Å². The Hall–Kier alpha value is -3.00. The SMILES string of the molecule is CSCC[C@H](NC(=O)OCC1c2ccccc2-c2ccccc21)C(=O)N1CC(CCC(=O)O)C1. The van der Waals surface area contributed by atoms with Crippen molar-refractivity contribution in [3.05, 3.63) is 59.7 Å². The van der Waals surface area contributed by atoms with Crippen molar-refractivity contribution >= 4 is 29.7 Å². The van der Waals surface area contributed by atoms with E-state index in [1.54, 1.807) is 16.7 Å². The maximum atomic E-state index is 13.0. The summed E-state index contributed by atoms with van der Waals surface area (Å²) in [4.78, 5) is 38.1. The van der Waals surface area contributed by atoms with Gasteiger partial charge >= 0.3 is 12.1 Å². The zero-order valence-electron chi connectivity index (χ0n) is 19.2. The molecule has 0 radical (unpaired) electrons. The average Bonchev–Trinajstić information content (AvgIpc) is 3.12. The summed E-state index contributed by atoms with van der Waals surface area (Å²) in [5.41, 5.74) is 4.60. The molecule has 4 rings (SSSR count). The molecule has 0 unspecified atom stereocenters. The van der Waals surface area contributed by atoms with Crippen LogP contribution in [0.2, 0.25) is 0 Å². The van der Waals surface area contributed by atoms with E-state index < -0.39 is 18.1 Å². The van der Waals surface area contributed by atoms with Crippen LogP contribution in [-0.2, 0) is 14.3 Å². The van der Waals surface area contributed by atoms with E-state index in [-0.39, 0.29) is 30.8 Å². The minimum Gasteiger partial charge on any atom is -0.481 e. The van der Waals surface area contributed by atoms with Crippen LogP contribution in [0.5, 0.6) is 0 Å². The molecule has 1 aliphatic heterocycles. The molecule has 0 saturated carbocycles. The van der Waals surface area contributed by atoms with Crippen LogP contribution in [0.3, 0.4) is 0 Å². The number of hydrogen-bond donors (Lipinski definition) is 2. The molecule has 2 N–H and O–H groups in total. The van der Waals surface area contributed by atoms with E-state index in [9.17, 15) is 14.4 Å². The van der Waals surface area contributed by atoms with E-state index in [1.807, 2.05) is 30.5 Å². The number of likely N-dealkylation sites (tertiary alicyclic amines) is 1. The van der Waals surface area contributed by atoms with E-state index in [2.05, 4.69) is 29.6 Å². The molecule has 0 bridgehead atoms. The molecule has 0 spiro atoms. The molecule has 2 aliphatic rings. The number of thioether (sulfide) groups is 1. The van der Waals surface area contributed by atoms with Crippen molar-refractivity contribution in [2.75, 3.05) is 31.7 Å². The molecular weight excluding hydrogens is 452 g/mol. The van der Waals surface area contributed by atoms with Gasteiger partial charge in [-0.3, -0.25) is 9.59 Å². The fourth-order valence-electron chi connectivity index (χ4n) is 4.76. The number of carboxylic acids is 1. The molecule has 180 valence electrons. The predicted octanol–water partition coefficient (Wildman–Crippen LogP) is 3.97. The third-order valence-corrected chi connectivity index (χ3v) is 7.22. The molecule has 2 aromatic carbocycles. The van der Waals surface area contributed by atoms with Crippen LogP contribution in [0.4, 0.5) is 4.79 Å². The van der Waals surface area contributed by atoms with Crippen LogP contribution in [0.25, 0.3) is 11.1 Å². The van der Waals surface area contributed by atoms with Crippen LogP contribution in [0.1, 0.15) is 36.3 Å². The molecule has 1 atom stereocenters. The summed E-state index contributed by atoms with van der Waals surface area (Å²) >= 11 is 1.61. The lowest BCUT2D eigenvalue weighted by Crippen LogP contribution is -2.57. The Morgan fingerprint density at radius 1 is 1.09 bits per heavy atom. The summed E-state index contributed by atoms with van der Waals surface area (Å²) in [6, 6.07) is 15.7. The van der Waals surface area contributed by atoms with Crippen LogP contribution < -0.4 is 5.32 Å². The summed E-state index contributed by atoms with van der Waals surface area (Å²) in [6.45, 7) is 1.27. The Balaban J connectivity index is 1.34. The summed E-state index contributed by atoms with van der Waals surface area (Å²) in [7, 11) is 0. The Morgan fingerprint density at radius 3 is 2.29 bits per heavy atom. The van der Waals surface area contributed by atoms with Gasteiger partial charge in [-0.25, -0.2) is 4.79 Å². The Bertz CT molecular complexity index is 1010. The maximum Gasteiger partial charge on any atom is 0.407 e. The molecule has 2 aromatic rings. The van der Waals surface area contributed by atoms with Gasteiger partial charge in [-0.15, -0.1) is 0 Å². The molecular formula is C26H30N2O5S. The van der Waals surface area contributed by atoms with Crippen molar-refractivity contribution in [3.63, 3.8) is 0 Å². The van der Waals surface area contributed by atoms with Gasteiger partial charge in [0, 0.05) is 25.4 Å². The second kappa shape index (κ2) is 11.0. The normalized spacial score (nSPS) is 15.7. The highest BCUT2D eigenvalue weighted by Gasteiger charge is 2.35. The standard InChI is InChI=1S/C26H30N2O5S/c1-34-13-12-23(25(31)28-14-17(15-28)10-11-24(29)30)27-26(32)33-16-22-20-8-4-2-6-18(20)19-7-3-5-9-21(19)22/h2-9,17,22-23H,10-16H2,1H3,(H,27,32)(H,29,30)/t23-/m0/s1. The first-order chi connectivity index (χ1) is 16.5. The summed E-state index contributed by atoms with van der Waals surface area (Å²) in [6.07, 6.45) is 2.56. The van der Waals surface area contributed by atoms with Gasteiger partial charge in [0.05, 0.1) is 0 Å². The van der Waals surface area contributed by atoms with Gasteiger partial charge < -0.3 is 20.1 Å². The topological polar surface area (TPSA) is 95.9 Å². The quantitative estimate of drug-likeness (QED) is 0.532. The number of rotatable bonds is 10. The number of carbonyl (C=O) groups is 3. The van der Waals surface area contributed by atoms with Gasteiger partial charge in [-0.1, -0.05) is 48.5 Å². The Morgan fingerprint density at radius 2 is 1.71 bits per heavy atom. The fourth-order valence-corrected chi connectivity index (χ4v) is 5.23. The monoisotopic (exact) mass is 482 g/mol. The smallest absolute Gasteiger partial charge is 0.407 e. The third kappa shape index (κ3) is 5.38. The molecule has 1 fully saturated rings. The van der Waals surface area contributed by atoms with Crippen molar-refractivity contribution < 1.29 is 24.2 Å². The maximum absolute atomic E-state index is 13.0. The van der Waals surface area contributed by atoms with E-state index in [0.29, 0.717) is 25.9 Å². The largest absolute Gasteiger partial charge is 0.481 e. The van der Waals surface area contributed by atoms with Crippen molar-refractivity contribution in [2.24, 2.45) is 5.92 Å². The Labute approximate surface area is 203 Å². The molecule has 0 aromatic heterocycles. The lowest BCUT2D eigenvalue weighted by molar-refractivity contribution is -0.141. The minimum absolute atomic E-state index is 0.0381. The van der Waals surface area contributed by atoms with Crippen molar-refractivity contribution in [1.82, 2.24) is 10.2 Å². The zero-order valence-corrected chi connectivity index (χ0v) is 20.1. The number of amides is 2. The number of alkyl carbamates (subject to hydrolysis) is 1. The number of fused-ring (bicyclic) bond motifs is 3. The molecule has 7 nitrogen and oxygen atoms in total. The second-order valence-electron chi connectivity index (χ2n) is 8.85. The average molecular weight is 483 g/mol. The number of aliphatic carboxylic acids is 1. The number of hydrogen-bond acceptors (Lipinski definition) is 5. The summed E-state index contributed by atoms with van der Waals surface area (Å²) in [5.74, 6) is -0.0515. The summed E-state index contributed by atoms with van der Waals surface area (Å²) < 4.78 is 5.62. The first-order valence-electron chi connectivity index (χ1n) is 11.6. The second-order valence-corrected chi connectivity index (χ2v) is 9.83. The van der Waals surface area contributed by atoms with Crippen molar-refractivity contribution in [2.45, 2.75) is 31.2 Å². The van der Waals surface area contributed by atoms with Crippen molar-refractivity contribution in [1.29, 1.82) is 0 Å². The van der Waals surface area contributed by atoms with Gasteiger partial charge in [0.25, 0.3) is 0 Å². The van der Waals surface area contributed by atoms with Crippen LogP contribution in [0, 0.1) is 5.92 Å². The lowest BCUT2D eigenvalue weighted by atomic mass is 9.93. The number of nitrogens with one attached hydrogen (secondary N) is 1. The van der Waals surface area contributed by atoms with E-state index in [4.69, 9.17) is 9.84 Å². The van der Waals surface area contributed by atoms with E-state index in [1.165, 1.54) is 0 Å². The van der Waals surface area contributed by atoms with Gasteiger partial charge in [0.1, 0.15) is 12.6 Å². The predicted molar refractivity (Wildman–Crippen MR) is 132 cm³/mol. The molecule has 34 heavy (non-hydrogen) atoms. The molecule has 1 saturated heterocycles. The van der Waals surface area contributed by atoms with Crippen LogP contribution in [0.15, 0.2) is 48.5 Å². The van der Waals surface area contributed by atoms with Gasteiger partial charge in [0.2, 0.25) is 5.91 Å². The fraction of sp³-hybridized carbons (Fsp3) is 0.423.